The van der Waals surface area contributed by atoms with Gasteiger partial charge in [-0.1, -0.05) is 18.2 Å². The van der Waals surface area contributed by atoms with Crippen LogP contribution in [0.3, 0.4) is 0 Å². The molecule has 3 nitrogen and oxygen atoms in total. The standard InChI is InChI=1S/C16H10BrFN2O/c17-11-7-10(5-6-12(11)18)8-16(21)15-9-19-13-3-1-2-4-14(13)20-15/h1-7,9H,8H2. The molecule has 0 saturated heterocycles. The molecule has 0 aliphatic carbocycles. The number of aromatic nitrogens is 2. The van der Waals surface area contributed by atoms with E-state index in [2.05, 4.69) is 25.9 Å². The number of carbonyl (C=O) groups is 1. The largest absolute Gasteiger partial charge is 0.292 e. The zero-order valence-corrected chi connectivity index (χ0v) is 12.5. The number of halogens is 2. The number of nitrogens with zero attached hydrogens (tertiary/aromatic N) is 2. The zero-order valence-electron chi connectivity index (χ0n) is 10.9. The summed E-state index contributed by atoms with van der Waals surface area (Å²) in [6.45, 7) is 0. The van der Waals surface area contributed by atoms with Crippen LogP contribution in [0, 0.1) is 5.82 Å². The van der Waals surface area contributed by atoms with Gasteiger partial charge in [-0.05, 0) is 45.8 Å². The van der Waals surface area contributed by atoms with Crippen LogP contribution in [-0.2, 0) is 6.42 Å². The van der Waals surface area contributed by atoms with Crippen LogP contribution in [0.1, 0.15) is 16.1 Å². The molecule has 0 amide bonds. The fraction of sp³-hybridized carbons (Fsp3) is 0.0625. The molecule has 2 aromatic carbocycles. The third-order valence-corrected chi connectivity index (χ3v) is 3.69. The SMILES string of the molecule is O=C(Cc1ccc(F)c(Br)c1)c1cnc2ccccc2n1. The highest BCUT2D eigenvalue weighted by atomic mass is 79.9. The minimum absolute atomic E-state index is 0.147. The number of carbonyl (C=O) groups excluding carboxylic acids is 1. The van der Waals surface area contributed by atoms with Crippen molar-refractivity contribution in [3.8, 4) is 0 Å². The summed E-state index contributed by atoms with van der Waals surface area (Å²) >= 11 is 3.11. The van der Waals surface area contributed by atoms with E-state index in [-0.39, 0.29) is 18.0 Å². The molecule has 0 unspecified atom stereocenters. The highest BCUT2D eigenvalue weighted by Crippen LogP contribution is 2.18. The first kappa shape index (κ1) is 13.8. The van der Waals surface area contributed by atoms with Crippen molar-refractivity contribution in [2.24, 2.45) is 0 Å². The second-order valence-electron chi connectivity index (χ2n) is 4.59. The maximum atomic E-state index is 13.2. The molecule has 104 valence electrons. The van der Waals surface area contributed by atoms with Crippen molar-refractivity contribution in [2.45, 2.75) is 6.42 Å². The Morgan fingerprint density at radius 3 is 2.67 bits per heavy atom. The van der Waals surface area contributed by atoms with E-state index in [4.69, 9.17) is 0 Å². The van der Waals surface area contributed by atoms with Crippen LogP contribution >= 0.6 is 15.9 Å². The van der Waals surface area contributed by atoms with Crippen LogP contribution in [0.5, 0.6) is 0 Å². The summed E-state index contributed by atoms with van der Waals surface area (Å²) in [4.78, 5) is 20.8. The smallest absolute Gasteiger partial charge is 0.187 e. The predicted octanol–water partition coefficient (Wildman–Crippen LogP) is 3.96. The monoisotopic (exact) mass is 344 g/mol. The van der Waals surface area contributed by atoms with Gasteiger partial charge in [-0.2, -0.15) is 0 Å². The quantitative estimate of drug-likeness (QED) is 0.675. The summed E-state index contributed by atoms with van der Waals surface area (Å²) in [6.07, 6.45) is 1.63. The molecule has 0 bridgehead atoms. The topological polar surface area (TPSA) is 42.9 Å². The number of hydrogen-bond donors (Lipinski definition) is 0. The Kier molecular flexibility index (Phi) is 3.75. The number of ketones is 1. The highest BCUT2D eigenvalue weighted by molar-refractivity contribution is 9.10. The van der Waals surface area contributed by atoms with Gasteiger partial charge in [-0.15, -0.1) is 0 Å². The van der Waals surface area contributed by atoms with Crippen molar-refractivity contribution in [1.82, 2.24) is 9.97 Å². The summed E-state index contributed by atoms with van der Waals surface area (Å²) < 4.78 is 13.5. The molecule has 3 rings (SSSR count). The lowest BCUT2D eigenvalue weighted by molar-refractivity contribution is 0.0988. The predicted molar refractivity (Wildman–Crippen MR) is 81.7 cm³/mol. The summed E-state index contributed by atoms with van der Waals surface area (Å²) in [7, 11) is 0. The Hall–Kier alpha value is -2.14. The van der Waals surface area contributed by atoms with Gasteiger partial charge in [0.1, 0.15) is 11.5 Å². The number of hydrogen-bond acceptors (Lipinski definition) is 3. The lowest BCUT2D eigenvalue weighted by Gasteiger charge is -2.03. The van der Waals surface area contributed by atoms with E-state index in [1.165, 1.54) is 12.3 Å². The number of fused-ring (bicyclic) bond motifs is 1. The van der Waals surface area contributed by atoms with Gasteiger partial charge in [0.15, 0.2) is 5.78 Å². The number of para-hydroxylation sites is 2. The average molecular weight is 345 g/mol. The minimum Gasteiger partial charge on any atom is -0.292 e. The van der Waals surface area contributed by atoms with E-state index in [9.17, 15) is 9.18 Å². The molecule has 1 heterocycles. The molecule has 3 aromatic rings. The maximum Gasteiger partial charge on any atom is 0.187 e. The van der Waals surface area contributed by atoms with Crippen molar-refractivity contribution >= 4 is 32.7 Å². The molecule has 0 N–H and O–H groups in total. The van der Waals surface area contributed by atoms with E-state index in [1.54, 1.807) is 12.1 Å². The molecule has 0 aliphatic heterocycles. The van der Waals surface area contributed by atoms with Gasteiger partial charge in [-0.25, -0.2) is 9.37 Å². The molecule has 0 saturated carbocycles. The normalized spacial score (nSPS) is 10.8. The molecule has 0 atom stereocenters. The molecule has 0 spiro atoms. The van der Waals surface area contributed by atoms with Crippen molar-refractivity contribution in [1.29, 1.82) is 0 Å². The number of rotatable bonds is 3. The third kappa shape index (κ3) is 2.97. The molecule has 21 heavy (non-hydrogen) atoms. The molecular weight excluding hydrogens is 335 g/mol. The average Bonchev–Trinajstić information content (AvgIpc) is 2.50. The first-order valence-corrected chi connectivity index (χ1v) is 7.12. The first-order chi connectivity index (χ1) is 10.1. The fourth-order valence-electron chi connectivity index (χ4n) is 2.02. The lowest BCUT2D eigenvalue weighted by Crippen LogP contribution is -2.07. The van der Waals surface area contributed by atoms with Crippen LogP contribution in [0.4, 0.5) is 4.39 Å². The second-order valence-corrected chi connectivity index (χ2v) is 5.45. The van der Waals surface area contributed by atoms with Gasteiger partial charge in [0.05, 0.1) is 21.7 Å². The van der Waals surface area contributed by atoms with E-state index < -0.39 is 0 Å². The van der Waals surface area contributed by atoms with Gasteiger partial charge in [0, 0.05) is 6.42 Å². The van der Waals surface area contributed by atoms with E-state index in [1.807, 2.05) is 24.3 Å². The van der Waals surface area contributed by atoms with Gasteiger partial charge < -0.3 is 0 Å². The van der Waals surface area contributed by atoms with Gasteiger partial charge in [0.2, 0.25) is 0 Å². The van der Waals surface area contributed by atoms with Gasteiger partial charge in [0.25, 0.3) is 0 Å². The Labute approximate surface area is 129 Å². The summed E-state index contributed by atoms with van der Waals surface area (Å²) in [5.41, 5.74) is 2.47. The number of Topliss-reactive ketones (excluding diaryl/α,β-unsaturated/α-hetero) is 1. The highest BCUT2D eigenvalue weighted by Gasteiger charge is 2.11. The molecule has 0 aliphatic rings. The summed E-state index contributed by atoms with van der Waals surface area (Å²) in [5, 5.41) is 0. The lowest BCUT2D eigenvalue weighted by atomic mass is 10.1. The van der Waals surface area contributed by atoms with E-state index >= 15 is 0 Å². The van der Waals surface area contributed by atoms with Crippen LogP contribution in [0.15, 0.2) is 53.1 Å². The van der Waals surface area contributed by atoms with Crippen molar-refractivity contribution in [3.63, 3.8) is 0 Å². The number of benzene rings is 2. The Balaban J connectivity index is 1.87. The third-order valence-electron chi connectivity index (χ3n) is 3.08. The van der Waals surface area contributed by atoms with Crippen LogP contribution in [0.2, 0.25) is 0 Å². The zero-order chi connectivity index (χ0) is 14.8. The van der Waals surface area contributed by atoms with Gasteiger partial charge >= 0.3 is 0 Å². The Morgan fingerprint density at radius 1 is 1.14 bits per heavy atom. The van der Waals surface area contributed by atoms with Crippen LogP contribution < -0.4 is 0 Å². The second kappa shape index (κ2) is 5.69. The molecular formula is C16H10BrFN2O. The Bertz CT molecular complexity index is 835. The first-order valence-electron chi connectivity index (χ1n) is 6.32. The fourth-order valence-corrected chi connectivity index (χ4v) is 2.44. The maximum absolute atomic E-state index is 13.2. The molecule has 0 radical (unpaired) electrons. The Morgan fingerprint density at radius 2 is 1.90 bits per heavy atom. The molecule has 5 heteroatoms. The van der Waals surface area contributed by atoms with Crippen molar-refractivity contribution in [3.05, 3.63) is 70.2 Å². The molecule has 1 aromatic heterocycles. The van der Waals surface area contributed by atoms with Crippen molar-refractivity contribution in [2.75, 3.05) is 0 Å². The van der Waals surface area contributed by atoms with Gasteiger partial charge in [-0.3, -0.25) is 9.78 Å². The summed E-state index contributed by atoms with van der Waals surface area (Å²) in [5.74, 6) is -0.497. The summed E-state index contributed by atoms with van der Waals surface area (Å²) in [6, 6.07) is 11.9. The van der Waals surface area contributed by atoms with E-state index in [0.29, 0.717) is 15.7 Å². The van der Waals surface area contributed by atoms with Crippen LogP contribution in [0.25, 0.3) is 11.0 Å². The minimum atomic E-state index is -0.350. The van der Waals surface area contributed by atoms with Crippen LogP contribution in [-0.4, -0.2) is 15.8 Å². The molecule has 0 fully saturated rings. The van der Waals surface area contributed by atoms with Crippen molar-refractivity contribution < 1.29 is 9.18 Å². The van der Waals surface area contributed by atoms with E-state index in [0.717, 1.165) is 11.1 Å².